The molecule has 0 amide bonds. The minimum atomic E-state index is 0.158. The first kappa shape index (κ1) is 12.9. The zero-order chi connectivity index (χ0) is 10.5. The topological polar surface area (TPSA) is 24.5 Å². The molecule has 0 rings (SSSR count). The Morgan fingerprint density at radius 2 is 2.00 bits per heavy atom. The van der Waals surface area contributed by atoms with Crippen LogP contribution in [-0.4, -0.2) is 51.3 Å². The van der Waals surface area contributed by atoms with Crippen molar-refractivity contribution in [3.05, 3.63) is 0 Å². The van der Waals surface area contributed by atoms with Gasteiger partial charge in [0.15, 0.2) is 0 Å². The molecule has 3 heteroatoms. The first-order valence-corrected chi connectivity index (χ1v) is 4.86. The van der Waals surface area contributed by atoms with Crippen LogP contribution in [0, 0.1) is 0 Å². The Bertz CT molecular complexity index is 139. The van der Waals surface area contributed by atoms with E-state index in [1.807, 2.05) is 7.05 Å². The van der Waals surface area contributed by atoms with Crippen LogP contribution in [0.15, 0.2) is 0 Å². The van der Waals surface area contributed by atoms with Crippen molar-refractivity contribution in [2.75, 3.05) is 34.9 Å². The van der Waals surface area contributed by atoms with E-state index in [4.69, 9.17) is 4.74 Å². The lowest BCUT2D eigenvalue weighted by atomic mass is 9.88. The van der Waals surface area contributed by atoms with E-state index in [0.29, 0.717) is 6.04 Å². The molecule has 0 fully saturated rings. The summed E-state index contributed by atoms with van der Waals surface area (Å²) in [4.78, 5) is 2.26. The summed E-state index contributed by atoms with van der Waals surface area (Å²) in [5, 5.41) is 3.31. The fourth-order valence-corrected chi connectivity index (χ4v) is 1.61. The Hall–Kier alpha value is -0.120. The third-order valence-electron chi connectivity index (χ3n) is 3.17. The molecule has 0 bridgehead atoms. The predicted octanol–water partition coefficient (Wildman–Crippen LogP) is 0.951. The normalized spacial score (nSPS) is 18.7. The van der Waals surface area contributed by atoms with Crippen molar-refractivity contribution >= 4 is 0 Å². The Morgan fingerprint density at radius 3 is 2.23 bits per heavy atom. The summed E-state index contributed by atoms with van der Waals surface area (Å²) < 4.78 is 5.20. The SMILES string of the molecule is CCC(C)(C(COC)NC)N(C)C. The van der Waals surface area contributed by atoms with E-state index in [9.17, 15) is 0 Å². The molecule has 0 saturated carbocycles. The number of nitrogens with one attached hydrogen (secondary N) is 1. The fourth-order valence-electron chi connectivity index (χ4n) is 1.61. The molecule has 2 unspecified atom stereocenters. The van der Waals surface area contributed by atoms with Gasteiger partial charge in [0.25, 0.3) is 0 Å². The van der Waals surface area contributed by atoms with Gasteiger partial charge in [0.2, 0.25) is 0 Å². The van der Waals surface area contributed by atoms with Gasteiger partial charge in [-0.05, 0) is 34.5 Å². The lowest BCUT2D eigenvalue weighted by molar-refractivity contribution is 0.0605. The maximum atomic E-state index is 5.20. The van der Waals surface area contributed by atoms with Gasteiger partial charge >= 0.3 is 0 Å². The molecule has 3 nitrogen and oxygen atoms in total. The lowest BCUT2D eigenvalue weighted by Crippen LogP contribution is -2.57. The summed E-state index contributed by atoms with van der Waals surface area (Å²) >= 11 is 0. The molecule has 0 aromatic carbocycles. The number of nitrogens with zero attached hydrogens (tertiary/aromatic N) is 1. The van der Waals surface area contributed by atoms with Crippen LogP contribution in [0.25, 0.3) is 0 Å². The quantitative estimate of drug-likeness (QED) is 0.671. The maximum Gasteiger partial charge on any atom is 0.0633 e. The highest BCUT2D eigenvalue weighted by Gasteiger charge is 2.33. The minimum absolute atomic E-state index is 0.158. The summed E-state index contributed by atoms with van der Waals surface area (Å²) in [6.45, 7) is 5.21. The molecule has 0 aliphatic heterocycles. The largest absolute Gasteiger partial charge is 0.383 e. The zero-order valence-corrected chi connectivity index (χ0v) is 9.85. The number of methoxy groups -OCH3 is 1. The second kappa shape index (κ2) is 5.58. The fraction of sp³-hybridized carbons (Fsp3) is 1.00. The van der Waals surface area contributed by atoms with Crippen LogP contribution in [0.5, 0.6) is 0 Å². The van der Waals surface area contributed by atoms with Gasteiger partial charge in [-0.15, -0.1) is 0 Å². The molecule has 1 N–H and O–H groups in total. The van der Waals surface area contributed by atoms with Crippen molar-refractivity contribution in [1.29, 1.82) is 0 Å². The highest BCUT2D eigenvalue weighted by atomic mass is 16.5. The van der Waals surface area contributed by atoms with Crippen molar-refractivity contribution in [2.45, 2.75) is 31.8 Å². The summed E-state index contributed by atoms with van der Waals surface area (Å²) in [6.07, 6.45) is 1.11. The number of hydrogen-bond donors (Lipinski definition) is 1. The molecule has 0 aromatic rings. The van der Waals surface area contributed by atoms with Crippen molar-refractivity contribution in [2.24, 2.45) is 0 Å². The van der Waals surface area contributed by atoms with E-state index in [1.165, 1.54) is 0 Å². The molecule has 0 aliphatic carbocycles. The van der Waals surface area contributed by atoms with Gasteiger partial charge in [-0.1, -0.05) is 6.92 Å². The second-order valence-electron chi connectivity index (χ2n) is 3.90. The molecule has 0 aliphatic rings. The Kier molecular flexibility index (Phi) is 5.53. The molecule has 0 aromatic heterocycles. The summed E-state index contributed by atoms with van der Waals surface area (Å²) in [6, 6.07) is 0.373. The van der Waals surface area contributed by atoms with Gasteiger partial charge in [-0.3, -0.25) is 0 Å². The predicted molar refractivity (Wildman–Crippen MR) is 57.1 cm³/mol. The average molecular weight is 188 g/mol. The van der Waals surface area contributed by atoms with E-state index in [-0.39, 0.29) is 5.54 Å². The van der Waals surface area contributed by atoms with Crippen LogP contribution in [0.1, 0.15) is 20.3 Å². The number of ether oxygens (including phenoxy) is 1. The molecule has 0 spiro atoms. The maximum absolute atomic E-state index is 5.20. The van der Waals surface area contributed by atoms with Crippen molar-refractivity contribution in [3.63, 3.8) is 0 Å². The Balaban J connectivity index is 4.48. The molecular weight excluding hydrogens is 164 g/mol. The van der Waals surface area contributed by atoms with Crippen LogP contribution in [0.4, 0.5) is 0 Å². The van der Waals surface area contributed by atoms with Crippen LogP contribution in [-0.2, 0) is 4.74 Å². The van der Waals surface area contributed by atoms with E-state index in [1.54, 1.807) is 7.11 Å². The van der Waals surface area contributed by atoms with E-state index in [0.717, 1.165) is 13.0 Å². The van der Waals surface area contributed by atoms with Crippen LogP contribution in [0.3, 0.4) is 0 Å². The molecule has 0 heterocycles. The molecule has 0 radical (unpaired) electrons. The Morgan fingerprint density at radius 1 is 1.46 bits per heavy atom. The van der Waals surface area contributed by atoms with Gasteiger partial charge in [0.05, 0.1) is 6.61 Å². The number of likely N-dealkylation sites (N-methyl/N-ethyl adjacent to an activating group) is 2. The zero-order valence-electron chi connectivity index (χ0n) is 9.85. The first-order valence-electron chi connectivity index (χ1n) is 4.86. The first-order chi connectivity index (χ1) is 6.02. The molecular formula is C10H24N2O. The average Bonchev–Trinajstić information content (AvgIpc) is 2.12. The van der Waals surface area contributed by atoms with E-state index < -0.39 is 0 Å². The van der Waals surface area contributed by atoms with E-state index >= 15 is 0 Å². The van der Waals surface area contributed by atoms with Crippen molar-refractivity contribution in [1.82, 2.24) is 10.2 Å². The highest BCUT2D eigenvalue weighted by Crippen LogP contribution is 2.20. The lowest BCUT2D eigenvalue weighted by Gasteiger charge is -2.42. The smallest absolute Gasteiger partial charge is 0.0633 e. The van der Waals surface area contributed by atoms with Crippen molar-refractivity contribution < 1.29 is 4.74 Å². The van der Waals surface area contributed by atoms with Gasteiger partial charge in [-0.2, -0.15) is 0 Å². The highest BCUT2D eigenvalue weighted by molar-refractivity contribution is 4.93. The molecule has 80 valence electrons. The van der Waals surface area contributed by atoms with Crippen LogP contribution in [0.2, 0.25) is 0 Å². The Labute approximate surface area is 82.4 Å². The number of rotatable bonds is 6. The van der Waals surface area contributed by atoms with Gasteiger partial charge in [0.1, 0.15) is 0 Å². The summed E-state index contributed by atoms with van der Waals surface area (Å²) in [5.74, 6) is 0. The third kappa shape index (κ3) is 2.93. The molecule has 0 saturated heterocycles. The molecule has 2 atom stereocenters. The van der Waals surface area contributed by atoms with Gasteiger partial charge < -0.3 is 15.0 Å². The monoisotopic (exact) mass is 188 g/mol. The number of hydrogen-bond acceptors (Lipinski definition) is 3. The minimum Gasteiger partial charge on any atom is -0.383 e. The van der Waals surface area contributed by atoms with Crippen LogP contribution < -0.4 is 5.32 Å². The van der Waals surface area contributed by atoms with Gasteiger partial charge in [0, 0.05) is 18.7 Å². The van der Waals surface area contributed by atoms with Crippen molar-refractivity contribution in [3.8, 4) is 0 Å². The van der Waals surface area contributed by atoms with Gasteiger partial charge in [-0.25, -0.2) is 0 Å². The summed E-state index contributed by atoms with van der Waals surface area (Å²) in [5.41, 5.74) is 0.158. The standard InChI is InChI=1S/C10H24N2O/c1-7-10(2,12(4)5)9(11-3)8-13-6/h9,11H,7-8H2,1-6H3. The second-order valence-corrected chi connectivity index (χ2v) is 3.90. The summed E-state index contributed by atoms with van der Waals surface area (Å²) in [7, 11) is 7.96. The third-order valence-corrected chi connectivity index (χ3v) is 3.17. The van der Waals surface area contributed by atoms with Crippen LogP contribution >= 0.6 is 0 Å². The molecule has 13 heavy (non-hydrogen) atoms. The van der Waals surface area contributed by atoms with E-state index in [2.05, 4.69) is 38.2 Å².